The molecule has 0 bridgehead atoms. The van der Waals surface area contributed by atoms with Crippen LogP contribution >= 0.6 is 0 Å². The molecule has 0 amide bonds. The second kappa shape index (κ2) is 6.24. The highest BCUT2D eigenvalue weighted by Crippen LogP contribution is 2.30. The van der Waals surface area contributed by atoms with Crippen LogP contribution < -0.4 is 5.73 Å². The van der Waals surface area contributed by atoms with Gasteiger partial charge in [0.05, 0.1) is 5.75 Å². The maximum atomic E-state index is 12.4. The fourth-order valence-corrected chi connectivity index (χ4v) is 4.02. The van der Waals surface area contributed by atoms with Gasteiger partial charge in [0.2, 0.25) is 10.0 Å². The summed E-state index contributed by atoms with van der Waals surface area (Å²) in [5.74, 6) is 0.191. The van der Waals surface area contributed by atoms with Crippen molar-refractivity contribution in [1.82, 2.24) is 4.31 Å². The molecule has 1 aliphatic rings. The molecule has 20 heavy (non-hydrogen) atoms. The van der Waals surface area contributed by atoms with Crippen LogP contribution in [0.15, 0.2) is 30.3 Å². The summed E-state index contributed by atoms with van der Waals surface area (Å²) < 4.78 is 26.3. The Bertz CT molecular complexity index is 520. The van der Waals surface area contributed by atoms with Crippen molar-refractivity contribution in [1.29, 1.82) is 0 Å². The predicted molar refractivity (Wildman–Crippen MR) is 81.9 cm³/mol. The first kappa shape index (κ1) is 15.5. The van der Waals surface area contributed by atoms with Crippen LogP contribution in [0.1, 0.15) is 25.3 Å². The van der Waals surface area contributed by atoms with Crippen molar-refractivity contribution in [3.8, 4) is 0 Å². The number of aryl methyl sites for hydroxylation is 1. The molecule has 1 heterocycles. The Morgan fingerprint density at radius 3 is 2.35 bits per heavy atom. The molecule has 1 saturated heterocycles. The molecule has 0 saturated carbocycles. The number of rotatable bonds is 5. The minimum atomic E-state index is -3.15. The maximum absolute atomic E-state index is 12.4. The largest absolute Gasteiger partial charge is 0.330 e. The first-order chi connectivity index (χ1) is 9.45. The summed E-state index contributed by atoms with van der Waals surface area (Å²) in [6.07, 6.45) is 2.29. The summed E-state index contributed by atoms with van der Waals surface area (Å²) >= 11 is 0. The zero-order chi connectivity index (χ0) is 14.6. The minimum Gasteiger partial charge on any atom is -0.330 e. The van der Waals surface area contributed by atoms with E-state index in [0.717, 1.165) is 18.4 Å². The third kappa shape index (κ3) is 3.81. The summed E-state index contributed by atoms with van der Waals surface area (Å²) in [5, 5.41) is 0. The number of hydrogen-bond acceptors (Lipinski definition) is 3. The lowest BCUT2D eigenvalue weighted by Gasteiger charge is -2.37. The zero-order valence-corrected chi connectivity index (χ0v) is 12.9. The average molecular weight is 296 g/mol. The fraction of sp³-hybridized carbons (Fsp3) is 0.600. The first-order valence-corrected chi connectivity index (χ1v) is 8.78. The molecular formula is C15H24N2O2S. The lowest BCUT2D eigenvalue weighted by atomic mass is 9.81. The second-order valence-corrected chi connectivity index (χ2v) is 8.05. The van der Waals surface area contributed by atoms with Gasteiger partial charge in [0.1, 0.15) is 0 Å². The Kier molecular flexibility index (Phi) is 4.83. The second-order valence-electron chi connectivity index (χ2n) is 5.97. The van der Waals surface area contributed by atoms with E-state index in [1.54, 1.807) is 4.31 Å². The Hall–Kier alpha value is -0.910. The predicted octanol–water partition coefficient (Wildman–Crippen LogP) is 1.62. The van der Waals surface area contributed by atoms with E-state index in [1.807, 2.05) is 30.3 Å². The fourth-order valence-electron chi connectivity index (χ4n) is 2.53. The summed E-state index contributed by atoms with van der Waals surface area (Å²) in [6, 6.07) is 9.76. The van der Waals surface area contributed by atoms with Crippen molar-refractivity contribution < 1.29 is 8.42 Å². The Labute approximate surface area is 122 Å². The van der Waals surface area contributed by atoms with Gasteiger partial charge in [-0.15, -0.1) is 0 Å². The Balaban J connectivity index is 1.92. The van der Waals surface area contributed by atoms with Gasteiger partial charge in [-0.05, 0) is 36.8 Å². The van der Waals surface area contributed by atoms with Gasteiger partial charge >= 0.3 is 0 Å². The maximum Gasteiger partial charge on any atom is 0.214 e. The van der Waals surface area contributed by atoms with E-state index < -0.39 is 10.0 Å². The number of nitrogens with two attached hydrogens (primary N) is 1. The average Bonchev–Trinajstić information content (AvgIpc) is 2.47. The van der Waals surface area contributed by atoms with Gasteiger partial charge in [0, 0.05) is 13.1 Å². The van der Waals surface area contributed by atoms with E-state index in [-0.39, 0.29) is 11.2 Å². The lowest BCUT2D eigenvalue weighted by molar-refractivity contribution is 0.183. The van der Waals surface area contributed by atoms with E-state index >= 15 is 0 Å². The molecule has 1 aromatic carbocycles. The molecule has 1 aromatic rings. The topological polar surface area (TPSA) is 63.4 Å². The Morgan fingerprint density at radius 2 is 1.80 bits per heavy atom. The van der Waals surface area contributed by atoms with Crippen LogP contribution in [0.3, 0.4) is 0 Å². The SMILES string of the molecule is CC1(CN)CCN(S(=O)(=O)CCc2ccccc2)CC1. The van der Waals surface area contributed by atoms with E-state index in [2.05, 4.69) is 6.92 Å². The van der Waals surface area contributed by atoms with Gasteiger partial charge in [0.15, 0.2) is 0 Å². The molecule has 0 unspecified atom stereocenters. The van der Waals surface area contributed by atoms with Crippen LogP contribution in [0.25, 0.3) is 0 Å². The molecule has 2 N–H and O–H groups in total. The van der Waals surface area contributed by atoms with E-state index in [1.165, 1.54) is 0 Å². The summed E-state index contributed by atoms with van der Waals surface area (Å²) in [4.78, 5) is 0. The molecule has 4 nitrogen and oxygen atoms in total. The van der Waals surface area contributed by atoms with Crippen molar-refractivity contribution in [2.45, 2.75) is 26.2 Å². The van der Waals surface area contributed by atoms with Crippen LogP contribution in [0, 0.1) is 5.41 Å². The Morgan fingerprint density at radius 1 is 1.20 bits per heavy atom. The molecule has 0 aromatic heterocycles. The molecule has 0 aliphatic carbocycles. The molecule has 2 rings (SSSR count). The molecule has 0 atom stereocenters. The lowest BCUT2D eigenvalue weighted by Crippen LogP contribution is -2.45. The smallest absolute Gasteiger partial charge is 0.214 e. The van der Waals surface area contributed by atoms with E-state index in [9.17, 15) is 8.42 Å². The standard InChI is InChI=1S/C15H24N2O2S/c1-15(13-16)8-10-17(11-9-15)20(18,19)12-7-14-5-3-2-4-6-14/h2-6H,7-13,16H2,1H3. The van der Waals surface area contributed by atoms with Crippen LogP contribution in [-0.2, 0) is 16.4 Å². The minimum absolute atomic E-state index is 0.103. The molecule has 5 heteroatoms. The van der Waals surface area contributed by atoms with Gasteiger partial charge in [-0.3, -0.25) is 0 Å². The van der Waals surface area contributed by atoms with Crippen molar-refractivity contribution in [3.63, 3.8) is 0 Å². The summed E-state index contributed by atoms with van der Waals surface area (Å²) in [5.41, 5.74) is 6.93. The summed E-state index contributed by atoms with van der Waals surface area (Å²) in [7, 11) is -3.15. The van der Waals surface area contributed by atoms with Crippen molar-refractivity contribution >= 4 is 10.0 Å². The van der Waals surface area contributed by atoms with Crippen LogP contribution in [0.4, 0.5) is 0 Å². The number of benzene rings is 1. The highest BCUT2D eigenvalue weighted by molar-refractivity contribution is 7.89. The molecule has 1 fully saturated rings. The number of nitrogens with zero attached hydrogens (tertiary/aromatic N) is 1. The molecular weight excluding hydrogens is 272 g/mol. The monoisotopic (exact) mass is 296 g/mol. The third-order valence-corrected chi connectivity index (χ3v) is 6.18. The van der Waals surface area contributed by atoms with Crippen molar-refractivity contribution in [2.24, 2.45) is 11.1 Å². The molecule has 0 spiro atoms. The van der Waals surface area contributed by atoms with E-state index in [0.29, 0.717) is 26.1 Å². The van der Waals surface area contributed by atoms with Crippen LogP contribution in [0.2, 0.25) is 0 Å². The number of piperidine rings is 1. The van der Waals surface area contributed by atoms with Crippen LogP contribution in [-0.4, -0.2) is 38.1 Å². The van der Waals surface area contributed by atoms with Crippen LogP contribution in [0.5, 0.6) is 0 Å². The highest BCUT2D eigenvalue weighted by atomic mass is 32.2. The first-order valence-electron chi connectivity index (χ1n) is 7.17. The van der Waals surface area contributed by atoms with Gasteiger partial charge in [-0.1, -0.05) is 37.3 Å². The molecule has 112 valence electrons. The quantitative estimate of drug-likeness (QED) is 0.898. The van der Waals surface area contributed by atoms with Gasteiger partial charge in [0.25, 0.3) is 0 Å². The zero-order valence-electron chi connectivity index (χ0n) is 12.1. The van der Waals surface area contributed by atoms with E-state index in [4.69, 9.17) is 5.73 Å². The molecule has 1 aliphatic heterocycles. The highest BCUT2D eigenvalue weighted by Gasteiger charge is 2.33. The van der Waals surface area contributed by atoms with Crippen molar-refractivity contribution in [2.75, 3.05) is 25.4 Å². The normalized spacial score (nSPS) is 19.9. The number of hydrogen-bond donors (Lipinski definition) is 1. The van der Waals surface area contributed by atoms with Gasteiger partial charge in [-0.2, -0.15) is 0 Å². The summed E-state index contributed by atoms with van der Waals surface area (Å²) in [6.45, 7) is 3.97. The number of sulfonamides is 1. The molecule has 0 radical (unpaired) electrons. The van der Waals surface area contributed by atoms with Gasteiger partial charge < -0.3 is 5.73 Å². The third-order valence-electron chi connectivity index (χ3n) is 4.31. The van der Waals surface area contributed by atoms with Gasteiger partial charge in [-0.25, -0.2) is 12.7 Å². The van der Waals surface area contributed by atoms with Crippen molar-refractivity contribution in [3.05, 3.63) is 35.9 Å².